The third kappa shape index (κ3) is 5.24. The summed E-state index contributed by atoms with van der Waals surface area (Å²) in [4.78, 5) is 19.1. The Bertz CT molecular complexity index is 930. The van der Waals surface area contributed by atoms with E-state index in [1.807, 2.05) is 60.7 Å². The van der Waals surface area contributed by atoms with Crippen LogP contribution in [0.15, 0.2) is 65.2 Å². The van der Waals surface area contributed by atoms with Gasteiger partial charge in [-0.05, 0) is 37.0 Å². The van der Waals surface area contributed by atoms with Gasteiger partial charge in [-0.25, -0.2) is 4.79 Å². The molecule has 1 N–H and O–H groups in total. The van der Waals surface area contributed by atoms with Crippen LogP contribution in [0.2, 0.25) is 0 Å². The number of hydrogen-bond donors (Lipinski definition) is 1. The fourth-order valence-corrected chi connectivity index (χ4v) is 3.58. The number of rotatable bonds is 7. The van der Waals surface area contributed by atoms with Crippen molar-refractivity contribution in [1.29, 1.82) is 0 Å². The molecule has 4 rings (SSSR count). The summed E-state index contributed by atoms with van der Waals surface area (Å²) >= 11 is 0. The van der Waals surface area contributed by atoms with Gasteiger partial charge in [-0.2, -0.15) is 4.98 Å². The molecule has 1 aliphatic heterocycles. The molecule has 0 saturated carbocycles. The maximum Gasteiger partial charge on any atom is 0.322 e. The number of piperidine rings is 1. The topological polar surface area (TPSA) is 80.5 Å². The van der Waals surface area contributed by atoms with Gasteiger partial charge >= 0.3 is 6.03 Å². The smallest absolute Gasteiger partial charge is 0.322 e. The van der Waals surface area contributed by atoms with Gasteiger partial charge < -0.3 is 19.5 Å². The lowest BCUT2D eigenvalue weighted by atomic mass is 10.0. The van der Waals surface area contributed by atoms with Crippen molar-refractivity contribution in [1.82, 2.24) is 15.0 Å². The van der Waals surface area contributed by atoms with E-state index in [4.69, 9.17) is 9.26 Å². The third-order valence-electron chi connectivity index (χ3n) is 5.14. The molecule has 0 radical (unpaired) electrons. The van der Waals surface area contributed by atoms with Crippen LogP contribution in [-0.4, -0.2) is 34.2 Å². The van der Waals surface area contributed by atoms with Gasteiger partial charge in [0.25, 0.3) is 0 Å². The second kappa shape index (κ2) is 10.0. The van der Waals surface area contributed by atoms with Crippen LogP contribution in [-0.2, 0) is 17.8 Å². The Labute approximate surface area is 176 Å². The first-order chi connectivity index (χ1) is 14.8. The second-order valence-corrected chi connectivity index (χ2v) is 7.34. The summed E-state index contributed by atoms with van der Waals surface area (Å²) in [6.45, 7) is 1.74. The summed E-state index contributed by atoms with van der Waals surface area (Å²) in [5.41, 5.74) is 1.90. The van der Waals surface area contributed by atoms with E-state index >= 15 is 0 Å². The van der Waals surface area contributed by atoms with Crippen LogP contribution in [0.4, 0.5) is 10.5 Å². The summed E-state index contributed by atoms with van der Waals surface area (Å²) in [7, 11) is 0. The molecule has 30 heavy (non-hydrogen) atoms. The summed E-state index contributed by atoms with van der Waals surface area (Å²) in [5.74, 6) is 1.10. The van der Waals surface area contributed by atoms with Crippen molar-refractivity contribution in [2.75, 3.05) is 18.5 Å². The lowest BCUT2D eigenvalue weighted by molar-refractivity contribution is 0.122. The van der Waals surface area contributed by atoms with Crippen LogP contribution < -0.4 is 5.32 Å². The van der Waals surface area contributed by atoms with E-state index < -0.39 is 0 Å². The number of carbonyl (C=O) groups excluding carboxylic acids is 1. The number of ether oxygens (including phenoxy) is 1. The van der Waals surface area contributed by atoms with Gasteiger partial charge in [0.2, 0.25) is 5.89 Å². The molecule has 2 amide bonds. The number of anilines is 1. The molecule has 1 saturated heterocycles. The van der Waals surface area contributed by atoms with Crippen LogP contribution in [0.1, 0.15) is 42.6 Å². The summed E-state index contributed by atoms with van der Waals surface area (Å²) in [5, 5.41) is 7.04. The predicted octanol–water partition coefficient (Wildman–Crippen LogP) is 4.59. The van der Waals surface area contributed by atoms with E-state index in [0.717, 1.165) is 30.5 Å². The number of likely N-dealkylation sites (tertiary alicyclic amines) is 1. The standard InChI is InChI=1S/C23H26N4O3/c28-23(24-19-11-5-2-6-12-19)27-15-8-7-13-20(27)22-25-21(26-30-22)14-16-29-17-18-9-3-1-4-10-18/h1-6,9-12,20H,7-8,13-17H2,(H,24,28). The highest BCUT2D eigenvalue weighted by atomic mass is 16.5. The molecule has 1 unspecified atom stereocenters. The number of para-hydroxylation sites is 1. The molecular formula is C23H26N4O3. The number of urea groups is 1. The highest BCUT2D eigenvalue weighted by Gasteiger charge is 2.32. The van der Waals surface area contributed by atoms with Gasteiger partial charge in [-0.1, -0.05) is 53.7 Å². The maximum absolute atomic E-state index is 12.8. The number of amides is 2. The second-order valence-electron chi connectivity index (χ2n) is 7.34. The van der Waals surface area contributed by atoms with Crippen molar-refractivity contribution in [3.63, 3.8) is 0 Å². The zero-order valence-corrected chi connectivity index (χ0v) is 16.9. The van der Waals surface area contributed by atoms with Crippen molar-refractivity contribution in [2.24, 2.45) is 0 Å². The predicted molar refractivity (Wildman–Crippen MR) is 113 cm³/mol. The Morgan fingerprint density at radius 3 is 2.67 bits per heavy atom. The average Bonchev–Trinajstić information content (AvgIpc) is 3.27. The summed E-state index contributed by atoms with van der Waals surface area (Å²) < 4.78 is 11.2. The zero-order valence-electron chi connectivity index (χ0n) is 16.9. The van der Waals surface area contributed by atoms with Gasteiger partial charge in [0.1, 0.15) is 6.04 Å². The molecule has 0 bridgehead atoms. The van der Waals surface area contributed by atoms with Crippen LogP contribution in [0.3, 0.4) is 0 Å². The fourth-order valence-electron chi connectivity index (χ4n) is 3.58. The number of carbonyl (C=O) groups is 1. The van der Waals surface area contributed by atoms with Crippen molar-refractivity contribution < 1.29 is 14.1 Å². The molecular weight excluding hydrogens is 380 g/mol. The molecule has 0 aliphatic carbocycles. The normalized spacial score (nSPS) is 16.4. The van der Waals surface area contributed by atoms with Crippen molar-refractivity contribution in [3.05, 3.63) is 77.9 Å². The molecule has 1 atom stereocenters. The fraction of sp³-hybridized carbons (Fsp3) is 0.348. The molecule has 2 heterocycles. The Balaban J connectivity index is 1.33. The van der Waals surface area contributed by atoms with Gasteiger partial charge in [0.15, 0.2) is 5.82 Å². The minimum absolute atomic E-state index is 0.142. The first-order valence-electron chi connectivity index (χ1n) is 10.4. The lowest BCUT2D eigenvalue weighted by Gasteiger charge is -2.33. The van der Waals surface area contributed by atoms with E-state index in [1.54, 1.807) is 4.90 Å². The molecule has 2 aromatic carbocycles. The highest BCUT2D eigenvalue weighted by Crippen LogP contribution is 2.30. The molecule has 156 valence electrons. The van der Waals surface area contributed by atoms with E-state index in [9.17, 15) is 4.79 Å². The number of hydrogen-bond acceptors (Lipinski definition) is 5. The Hall–Kier alpha value is -3.19. The van der Waals surface area contributed by atoms with Crippen molar-refractivity contribution in [3.8, 4) is 0 Å². The number of nitrogens with one attached hydrogen (secondary N) is 1. The van der Waals surface area contributed by atoms with Crippen molar-refractivity contribution in [2.45, 2.75) is 38.3 Å². The zero-order chi connectivity index (χ0) is 20.6. The Kier molecular flexibility index (Phi) is 6.72. The largest absolute Gasteiger partial charge is 0.376 e. The Morgan fingerprint density at radius 2 is 1.87 bits per heavy atom. The van der Waals surface area contributed by atoms with Gasteiger partial charge in [-0.15, -0.1) is 0 Å². The van der Waals surface area contributed by atoms with Crippen LogP contribution in [0, 0.1) is 0 Å². The molecule has 1 aliphatic rings. The molecule has 7 heteroatoms. The SMILES string of the molecule is O=C(Nc1ccccc1)N1CCCCC1c1nc(CCOCc2ccccc2)no1. The van der Waals surface area contributed by atoms with Crippen molar-refractivity contribution >= 4 is 11.7 Å². The number of benzene rings is 2. The number of aromatic nitrogens is 2. The van der Waals surface area contributed by atoms with Crippen LogP contribution >= 0.6 is 0 Å². The van der Waals surface area contributed by atoms with E-state index in [1.165, 1.54) is 0 Å². The Morgan fingerprint density at radius 1 is 1.10 bits per heavy atom. The quantitative estimate of drug-likeness (QED) is 0.581. The maximum atomic E-state index is 12.8. The molecule has 1 fully saturated rings. The summed E-state index contributed by atoms with van der Waals surface area (Å²) in [6, 6.07) is 19.2. The van der Waals surface area contributed by atoms with E-state index in [0.29, 0.717) is 37.9 Å². The highest BCUT2D eigenvalue weighted by molar-refractivity contribution is 5.89. The van der Waals surface area contributed by atoms with Crippen LogP contribution in [0.25, 0.3) is 0 Å². The third-order valence-corrected chi connectivity index (χ3v) is 5.14. The number of nitrogens with zero attached hydrogens (tertiary/aromatic N) is 3. The minimum atomic E-state index is -0.200. The molecule has 1 aromatic heterocycles. The van der Waals surface area contributed by atoms with Gasteiger partial charge in [-0.3, -0.25) is 0 Å². The monoisotopic (exact) mass is 406 g/mol. The minimum Gasteiger partial charge on any atom is -0.376 e. The van der Waals surface area contributed by atoms with E-state index in [-0.39, 0.29) is 12.1 Å². The first-order valence-corrected chi connectivity index (χ1v) is 10.4. The van der Waals surface area contributed by atoms with Crippen LogP contribution in [0.5, 0.6) is 0 Å². The van der Waals surface area contributed by atoms with E-state index in [2.05, 4.69) is 15.5 Å². The van der Waals surface area contributed by atoms with Gasteiger partial charge in [0.05, 0.1) is 13.2 Å². The average molecular weight is 406 g/mol. The lowest BCUT2D eigenvalue weighted by Crippen LogP contribution is -2.41. The molecule has 3 aromatic rings. The summed E-state index contributed by atoms with van der Waals surface area (Å²) in [6.07, 6.45) is 3.37. The van der Waals surface area contributed by atoms with Gasteiger partial charge in [0, 0.05) is 18.7 Å². The molecule has 7 nitrogen and oxygen atoms in total. The first kappa shape index (κ1) is 20.1. The molecule has 0 spiro atoms.